The smallest absolute Gasteiger partial charge is 0.0622 e. The molecule has 0 aromatic heterocycles. The molecular formula is C10H20N2O. The molecule has 1 atom stereocenters. The standard InChI is InChI=1S/C10H20N2O/c1-2-4-10(11)7-12(8-10)9-3-5-13-6-9/h9H,2-8,11H2,1H3. The van der Waals surface area contributed by atoms with E-state index in [0.29, 0.717) is 6.04 Å². The van der Waals surface area contributed by atoms with Gasteiger partial charge in [-0.25, -0.2) is 0 Å². The maximum atomic E-state index is 6.19. The van der Waals surface area contributed by atoms with Crippen LogP contribution in [0.5, 0.6) is 0 Å². The Morgan fingerprint density at radius 1 is 1.54 bits per heavy atom. The van der Waals surface area contributed by atoms with Gasteiger partial charge in [0.1, 0.15) is 0 Å². The van der Waals surface area contributed by atoms with E-state index in [9.17, 15) is 0 Å². The van der Waals surface area contributed by atoms with Gasteiger partial charge in [0.15, 0.2) is 0 Å². The number of hydrogen-bond donors (Lipinski definition) is 1. The van der Waals surface area contributed by atoms with Crippen LogP contribution in [0.15, 0.2) is 0 Å². The third-order valence-corrected chi connectivity index (χ3v) is 3.21. The van der Waals surface area contributed by atoms with Gasteiger partial charge in [-0.15, -0.1) is 0 Å². The molecule has 2 aliphatic rings. The van der Waals surface area contributed by atoms with E-state index in [0.717, 1.165) is 32.7 Å². The van der Waals surface area contributed by atoms with Crippen LogP contribution in [-0.4, -0.2) is 42.8 Å². The highest BCUT2D eigenvalue weighted by molar-refractivity contribution is 5.02. The summed E-state index contributed by atoms with van der Waals surface area (Å²) in [4.78, 5) is 2.47. The monoisotopic (exact) mass is 184 g/mol. The van der Waals surface area contributed by atoms with Crippen molar-refractivity contribution in [2.24, 2.45) is 5.73 Å². The molecule has 0 amide bonds. The van der Waals surface area contributed by atoms with Crippen LogP contribution in [0.2, 0.25) is 0 Å². The zero-order chi connectivity index (χ0) is 9.31. The Morgan fingerprint density at radius 2 is 2.31 bits per heavy atom. The molecule has 1 unspecified atom stereocenters. The molecule has 3 heteroatoms. The number of rotatable bonds is 3. The number of hydrogen-bond acceptors (Lipinski definition) is 3. The lowest BCUT2D eigenvalue weighted by Gasteiger charge is -2.50. The highest BCUT2D eigenvalue weighted by atomic mass is 16.5. The van der Waals surface area contributed by atoms with Crippen LogP contribution >= 0.6 is 0 Å². The molecular weight excluding hydrogens is 164 g/mol. The first-order valence-electron chi connectivity index (χ1n) is 5.34. The van der Waals surface area contributed by atoms with Crippen molar-refractivity contribution in [2.45, 2.75) is 37.8 Å². The van der Waals surface area contributed by atoms with E-state index < -0.39 is 0 Å². The van der Waals surface area contributed by atoms with Gasteiger partial charge in [0.2, 0.25) is 0 Å². The predicted octanol–water partition coefficient (Wildman–Crippen LogP) is 0.588. The Morgan fingerprint density at radius 3 is 2.85 bits per heavy atom. The summed E-state index contributed by atoms with van der Waals surface area (Å²) in [7, 11) is 0. The molecule has 76 valence electrons. The molecule has 2 rings (SSSR count). The minimum Gasteiger partial charge on any atom is -0.380 e. The quantitative estimate of drug-likeness (QED) is 0.697. The highest BCUT2D eigenvalue weighted by Crippen LogP contribution is 2.27. The average Bonchev–Trinajstić information content (AvgIpc) is 2.52. The van der Waals surface area contributed by atoms with E-state index in [4.69, 9.17) is 10.5 Å². The lowest BCUT2D eigenvalue weighted by Crippen LogP contribution is -2.69. The summed E-state index contributed by atoms with van der Waals surface area (Å²) in [5.41, 5.74) is 6.31. The molecule has 2 saturated heterocycles. The van der Waals surface area contributed by atoms with E-state index in [1.54, 1.807) is 0 Å². The minimum atomic E-state index is 0.122. The molecule has 0 spiro atoms. The summed E-state index contributed by atoms with van der Waals surface area (Å²) in [6.07, 6.45) is 3.56. The molecule has 0 aromatic rings. The second-order valence-electron chi connectivity index (χ2n) is 4.53. The zero-order valence-corrected chi connectivity index (χ0v) is 8.46. The molecule has 2 aliphatic heterocycles. The van der Waals surface area contributed by atoms with Gasteiger partial charge >= 0.3 is 0 Å². The maximum Gasteiger partial charge on any atom is 0.0622 e. The number of ether oxygens (including phenoxy) is 1. The number of nitrogens with zero attached hydrogens (tertiary/aromatic N) is 1. The van der Waals surface area contributed by atoms with Crippen LogP contribution in [0, 0.1) is 0 Å². The van der Waals surface area contributed by atoms with Crippen molar-refractivity contribution in [3.05, 3.63) is 0 Å². The van der Waals surface area contributed by atoms with Crippen molar-refractivity contribution < 1.29 is 4.74 Å². The fraction of sp³-hybridized carbons (Fsp3) is 1.00. The van der Waals surface area contributed by atoms with Gasteiger partial charge in [-0.3, -0.25) is 4.90 Å². The molecule has 13 heavy (non-hydrogen) atoms. The van der Waals surface area contributed by atoms with Crippen LogP contribution < -0.4 is 5.73 Å². The van der Waals surface area contributed by atoms with Crippen molar-refractivity contribution in [1.29, 1.82) is 0 Å². The van der Waals surface area contributed by atoms with Gasteiger partial charge < -0.3 is 10.5 Å². The lowest BCUT2D eigenvalue weighted by atomic mass is 9.85. The third-order valence-electron chi connectivity index (χ3n) is 3.21. The van der Waals surface area contributed by atoms with Gasteiger partial charge in [-0.2, -0.15) is 0 Å². The third kappa shape index (κ3) is 1.87. The van der Waals surface area contributed by atoms with E-state index in [2.05, 4.69) is 11.8 Å². The topological polar surface area (TPSA) is 38.5 Å². The summed E-state index contributed by atoms with van der Waals surface area (Å²) >= 11 is 0. The van der Waals surface area contributed by atoms with Gasteiger partial charge in [-0.1, -0.05) is 13.3 Å². The summed E-state index contributed by atoms with van der Waals surface area (Å²) < 4.78 is 5.36. The Labute approximate surface area is 80.2 Å². The SMILES string of the molecule is CCCC1(N)CN(C2CCOC2)C1. The normalized spacial score (nSPS) is 33.2. The molecule has 2 N–H and O–H groups in total. The van der Waals surface area contributed by atoms with Crippen LogP contribution in [0.3, 0.4) is 0 Å². The fourth-order valence-electron chi connectivity index (χ4n) is 2.49. The molecule has 3 nitrogen and oxygen atoms in total. The van der Waals surface area contributed by atoms with Crippen LogP contribution in [0.25, 0.3) is 0 Å². The zero-order valence-electron chi connectivity index (χ0n) is 8.46. The number of likely N-dealkylation sites (tertiary alicyclic amines) is 1. The lowest BCUT2D eigenvalue weighted by molar-refractivity contribution is 0.0191. The Hall–Kier alpha value is -0.120. The Kier molecular flexibility index (Phi) is 2.58. The van der Waals surface area contributed by atoms with Gasteiger partial charge in [0.05, 0.1) is 6.61 Å². The van der Waals surface area contributed by atoms with Crippen LogP contribution in [0.4, 0.5) is 0 Å². The fourth-order valence-corrected chi connectivity index (χ4v) is 2.49. The van der Waals surface area contributed by atoms with E-state index in [1.165, 1.54) is 12.8 Å². The summed E-state index contributed by atoms with van der Waals surface area (Å²) in [5, 5.41) is 0. The highest BCUT2D eigenvalue weighted by Gasteiger charge is 2.42. The molecule has 0 radical (unpaired) electrons. The first kappa shape index (κ1) is 9.44. The Balaban J connectivity index is 1.76. The second-order valence-corrected chi connectivity index (χ2v) is 4.53. The van der Waals surface area contributed by atoms with Gasteiger partial charge in [0, 0.05) is 31.3 Å². The average molecular weight is 184 g/mol. The van der Waals surface area contributed by atoms with Crippen LogP contribution in [-0.2, 0) is 4.74 Å². The Bertz CT molecular complexity index is 172. The van der Waals surface area contributed by atoms with E-state index >= 15 is 0 Å². The van der Waals surface area contributed by atoms with E-state index in [-0.39, 0.29) is 5.54 Å². The second kappa shape index (κ2) is 3.56. The maximum absolute atomic E-state index is 6.19. The molecule has 0 aromatic carbocycles. The van der Waals surface area contributed by atoms with E-state index in [1.807, 2.05) is 0 Å². The van der Waals surface area contributed by atoms with Crippen LogP contribution in [0.1, 0.15) is 26.2 Å². The van der Waals surface area contributed by atoms with Crippen molar-refractivity contribution >= 4 is 0 Å². The predicted molar refractivity (Wildman–Crippen MR) is 52.6 cm³/mol. The minimum absolute atomic E-state index is 0.122. The number of nitrogens with two attached hydrogens (primary N) is 1. The molecule has 2 heterocycles. The van der Waals surface area contributed by atoms with Gasteiger partial charge in [-0.05, 0) is 12.8 Å². The van der Waals surface area contributed by atoms with Crippen molar-refractivity contribution in [2.75, 3.05) is 26.3 Å². The largest absolute Gasteiger partial charge is 0.380 e. The first-order chi connectivity index (χ1) is 6.23. The summed E-state index contributed by atoms with van der Waals surface area (Å²) in [6.45, 7) is 6.22. The molecule has 0 bridgehead atoms. The molecule has 0 saturated carbocycles. The van der Waals surface area contributed by atoms with Crippen molar-refractivity contribution in [3.63, 3.8) is 0 Å². The summed E-state index contributed by atoms with van der Waals surface area (Å²) in [6, 6.07) is 0.661. The van der Waals surface area contributed by atoms with Gasteiger partial charge in [0.25, 0.3) is 0 Å². The first-order valence-corrected chi connectivity index (χ1v) is 5.34. The molecule has 2 fully saturated rings. The molecule has 0 aliphatic carbocycles. The van der Waals surface area contributed by atoms with Crippen molar-refractivity contribution in [3.8, 4) is 0 Å². The summed E-state index contributed by atoms with van der Waals surface area (Å²) in [5.74, 6) is 0. The van der Waals surface area contributed by atoms with Crippen molar-refractivity contribution in [1.82, 2.24) is 4.90 Å².